The molecule has 160 valence electrons. The van der Waals surface area contributed by atoms with Crippen molar-refractivity contribution in [1.29, 1.82) is 0 Å². The highest BCUT2D eigenvalue weighted by atomic mass is 15.3. The maximum Gasteiger partial charge on any atom is 0.187 e. The summed E-state index contributed by atoms with van der Waals surface area (Å²) >= 11 is 0. The molecule has 1 aliphatic heterocycles. The summed E-state index contributed by atoms with van der Waals surface area (Å²) in [5.41, 5.74) is 12.0. The average molecular weight is 425 g/mol. The van der Waals surface area contributed by atoms with E-state index in [1.807, 2.05) is 36.0 Å². The fourth-order valence-corrected chi connectivity index (χ4v) is 4.46. The van der Waals surface area contributed by atoms with Gasteiger partial charge in [-0.15, -0.1) is 10.2 Å². The van der Waals surface area contributed by atoms with Gasteiger partial charge in [-0.25, -0.2) is 4.98 Å². The molecule has 5 heterocycles. The van der Waals surface area contributed by atoms with Gasteiger partial charge in [-0.2, -0.15) is 5.10 Å². The van der Waals surface area contributed by atoms with E-state index in [4.69, 9.17) is 10.7 Å². The molecule has 1 atom stereocenters. The standard InChI is InChI=1S/C24H24N8/c1-30-14-19(11-26-30)18-4-3-17-5-6-21(27-22(17)10-18)24-29-28-23-7-2-16(13-32(23)24)12-31-9-8-20(25)15-31/h2-7,10-11,13-14,20H,8-9,12,15,25H2,1H3. The predicted octanol–water partition coefficient (Wildman–Crippen LogP) is 2.88. The van der Waals surface area contributed by atoms with E-state index in [1.165, 1.54) is 5.56 Å². The number of fused-ring (bicyclic) bond motifs is 2. The van der Waals surface area contributed by atoms with Crippen molar-refractivity contribution in [2.45, 2.75) is 19.0 Å². The molecule has 1 aromatic carbocycles. The Bertz CT molecular complexity index is 1430. The summed E-state index contributed by atoms with van der Waals surface area (Å²) in [6.45, 7) is 2.86. The predicted molar refractivity (Wildman–Crippen MR) is 124 cm³/mol. The van der Waals surface area contributed by atoms with Gasteiger partial charge in [0.25, 0.3) is 0 Å². The fourth-order valence-electron chi connectivity index (χ4n) is 4.46. The molecule has 6 rings (SSSR count). The van der Waals surface area contributed by atoms with Crippen LogP contribution in [-0.2, 0) is 13.6 Å². The third-order valence-corrected chi connectivity index (χ3v) is 6.14. The molecule has 0 aliphatic carbocycles. The van der Waals surface area contributed by atoms with Gasteiger partial charge in [0.15, 0.2) is 11.5 Å². The normalized spacial score (nSPS) is 17.0. The van der Waals surface area contributed by atoms with Crippen molar-refractivity contribution in [2.24, 2.45) is 12.8 Å². The van der Waals surface area contributed by atoms with E-state index in [1.54, 1.807) is 4.68 Å². The zero-order valence-corrected chi connectivity index (χ0v) is 17.9. The second-order valence-corrected chi connectivity index (χ2v) is 8.58. The van der Waals surface area contributed by atoms with Crippen LogP contribution >= 0.6 is 0 Å². The van der Waals surface area contributed by atoms with E-state index in [0.29, 0.717) is 0 Å². The summed E-state index contributed by atoms with van der Waals surface area (Å²) in [5, 5.41) is 14.2. The molecule has 0 amide bonds. The number of hydrogen-bond acceptors (Lipinski definition) is 6. The number of aromatic nitrogens is 6. The molecular formula is C24H24N8. The van der Waals surface area contributed by atoms with Gasteiger partial charge in [-0.3, -0.25) is 14.0 Å². The molecule has 1 aliphatic rings. The second kappa shape index (κ2) is 7.51. The number of nitrogens with zero attached hydrogens (tertiary/aromatic N) is 7. The van der Waals surface area contributed by atoms with E-state index in [-0.39, 0.29) is 6.04 Å². The van der Waals surface area contributed by atoms with E-state index in [2.05, 4.69) is 56.7 Å². The molecule has 0 bridgehead atoms. The van der Waals surface area contributed by atoms with Crippen LogP contribution in [0.15, 0.2) is 61.1 Å². The third kappa shape index (κ3) is 3.43. The summed E-state index contributed by atoms with van der Waals surface area (Å²) in [5.74, 6) is 0.744. The minimum Gasteiger partial charge on any atom is -0.326 e. The summed E-state index contributed by atoms with van der Waals surface area (Å²) in [7, 11) is 1.92. The van der Waals surface area contributed by atoms with Crippen LogP contribution in [0, 0.1) is 0 Å². The van der Waals surface area contributed by atoms with E-state index in [9.17, 15) is 0 Å². The van der Waals surface area contributed by atoms with Crippen molar-refractivity contribution in [2.75, 3.05) is 13.1 Å². The van der Waals surface area contributed by atoms with Gasteiger partial charge >= 0.3 is 0 Å². The van der Waals surface area contributed by atoms with E-state index in [0.717, 1.165) is 65.3 Å². The summed E-state index contributed by atoms with van der Waals surface area (Å²) < 4.78 is 3.84. The zero-order valence-electron chi connectivity index (χ0n) is 17.9. The fraction of sp³-hybridized carbons (Fsp3) is 0.250. The van der Waals surface area contributed by atoms with Crippen molar-refractivity contribution in [3.63, 3.8) is 0 Å². The smallest absolute Gasteiger partial charge is 0.187 e. The Labute approximate surface area is 185 Å². The Morgan fingerprint density at radius 1 is 1.03 bits per heavy atom. The maximum atomic E-state index is 6.07. The Hall–Kier alpha value is -3.62. The first kappa shape index (κ1) is 19.1. The largest absolute Gasteiger partial charge is 0.326 e. The number of nitrogens with two attached hydrogens (primary N) is 1. The number of likely N-dealkylation sites (tertiary alicyclic amines) is 1. The van der Waals surface area contributed by atoms with Gasteiger partial charge in [-0.1, -0.05) is 24.3 Å². The molecule has 1 unspecified atom stereocenters. The van der Waals surface area contributed by atoms with Crippen LogP contribution in [0.4, 0.5) is 0 Å². The first-order chi connectivity index (χ1) is 15.6. The summed E-state index contributed by atoms with van der Waals surface area (Å²) in [6.07, 6.45) is 7.05. The zero-order chi connectivity index (χ0) is 21.7. The number of rotatable bonds is 4. The minimum absolute atomic E-state index is 0.280. The highest BCUT2D eigenvalue weighted by Crippen LogP contribution is 2.26. The van der Waals surface area contributed by atoms with Crippen LogP contribution in [0.5, 0.6) is 0 Å². The quantitative estimate of drug-likeness (QED) is 0.477. The maximum absolute atomic E-state index is 6.07. The van der Waals surface area contributed by atoms with Crippen LogP contribution < -0.4 is 5.73 Å². The van der Waals surface area contributed by atoms with Crippen LogP contribution in [0.2, 0.25) is 0 Å². The number of hydrogen-bond donors (Lipinski definition) is 1. The highest BCUT2D eigenvalue weighted by molar-refractivity contribution is 5.85. The molecule has 0 spiro atoms. The Balaban J connectivity index is 1.38. The number of pyridine rings is 2. The molecule has 1 saturated heterocycles. The molecule has 32 heavy (non-hydrogen) atoms. The summed E-state index contributed by atoms with van der Waals surface area (Å²) in [6, 6.07) is 14.8. The van der Waals surface area contributed by atoms with Crippen LogP contribution in [0.1, 0.15) is 12.0 Å². The average Bonchev–Trinajstić information content (AvgIpc) is 3.53. The van der Waals surface area contributed by atoms with Crippen molar-refractivity contribution in [1.82, 2.24) is 34.3 Å². The second-order valence-electron chi connectivity index (χ2n) is 8.58. The molecule has 8 nitrogen and oxygen atoms in total. The molecule has 4 aromatic heterocycles. The molecule has 5 aromatic rings. The highest BCUT2D eigenvalue weighted by Gasteiger charge is 2.19. The van der Waals surface area contributed by atoms with Gasteiger partial charge in [0.2, 0.25) is 0 Å². The molecule has 1 fully saturated rings. The number of aryl methyl sites for hydroxylation is 1. The lowest BCUT2D eigenvalue weighted by Crippen LogP contribution is -2.26. The van der Waals surface area contributed by atoms with Crippen LogP contribution in [0.3, 0.4) is 0 Å². The Morgan fingerprint density at radius 3 is 2.75 bits per heavy atom. The van der Waals surface area contributed by atoms with Crippen LogP contribution in [-0.4, -0.2) is 53.4 Å². The van der Waals surface area contributed by atoms with E-state index >= 15 is 0 Å². The van der Waals surface area contributed by atoms with Crippen LogP contribution in [0.25, 0.3) is 39.2 Å². The minimum atomic E-state index is 0.280. The lowest BCUT2D eigenvalue weighted by molar-refractivity contribution is 0.326. The lowest BCUT2D eigenvalue weighted by atomic mass is 10.1. The number of benzene rings is 1. The van der Waals surface area contributed by atoms with Crippen molar-refractivity contribution in [3.05, 3.63) is 66.6 Å². The first-order valence-corrected chi connectivity index (χ1v) is 10.8. The van der Waals surface area contributed by atoms with Gasteiger partial charge in [0.05, 0.1) is 11.7 Å². The monoisotopic (exact) mass is 424 g/mol. The van der Waals surface area contributed by atoms with Crippen molar-refractivity contribution < 1.29 is 0 Å². The molecular weight excluding hydrogens is 400 g/mol. The Kier molecular flexibility index (Phi) is 4.48. The summed E-state index contributed by atoms with van der Waals surface area (Å²) in [4.78, 5) is 7.32. The first-order valence-electron chi connectivity index (χ1n) is 10.8. The lowest BCUT2D eigenvalue weighted by Gasteiger charge is -2.15. The molecule has 2 N–H and O–H groups in total. The van der Waals surface area contributed by atoms with Gasteiger partial charge < -0.3 is 5.73 Å². The molecule has 0 radical (unpaired) electrons. The van der Waals surface area contributed by atoms with E-state index < -0.39 is 0 Å². The van der Waals surface area contributed by atoms with Crippen molar-refractivity contribution >= 4 is 16.6 Å². The van der Waals surface area contributed by atoms with Gasteiger partial charge in [0.1, 0.15) is 5.69 Å². The SMILES string of the molecule is Cn1cc(-c2ccc3ccc(-c4nnc5ccc(CN6CCC(N)C6)cn45)nc3c2)cn1. The Morgan fingerprint density at radius 2 is 1.94 bits per heavy atom. The molecule has 0 saturated carbocycles. The van der Waals surface area contributed by atoms with Crippen molar-refractivity contribution in [3.8, 4) is 22.6 Å². The molecule has 8 heteroatoms. The third-order valence-electron chi connectivity index (χ3n) is 6.14. The topological polar surface area (TPSA) is 90.2 Å². The van der Waals surface area contributed by atoms with Gasteiger partial charge in [-0.05, 0) is 35.7 Å². The van der Waals surface area contributed by atoms with Gasteiger partial charge in [0, 0.05) is 56.1 Å².